The number of aromatic nitrogens is 2. The first-order valence-electron chi connectivity index (χ1n) is 10.1. The van der Waals surface area contributed by atoms with Crippen LogP contribution >= 0.6 is 0 Å². The number of nitrogens with zero attached hydrogens (tertiary/aromatic N) is 1. The molecular formula is C22H16F2N6O4. The molecule has 10 nitrogen and oxygen atoms in total. The minimum absolute atomic E-state index is 0.0203. The lowest BCUT2D eigenvalue weighted by atomic mass is 9.59. The number of aromatic amines is 1. The van der Waals surface area contributed by atoms with E-state index in [-0.39, 0.29) is 22.9 Å². The van der Waals surface area contributed by atoms with Gasteiger partial charge in [-0.05, 0) is 35.4 Å². The summed E-state index contributed by atoms with van der Waals surface area (Å²) in [6.07, 6.45) is 0. The van der Waals surface area contributed by atoms with Crippen LogP contribution in [0.1, 0.15) is 28.7 Å². The standard InChI is InChI=1S/C22H16F2N6O4/c23-11-5-1-9(2-6-11)14-13-16(27-20(25)28-17(13)31)26-15(10-3-7-12(24)8-4-10)22(14)18(32)29-21(34)30-19(22)33/h1-8,14-15H,(H4,25,26,27,28,31)(H2,29,30,32,33,34). The lowest BCUT2D eigenvalue weighted by Crippen LogP contribution is -2.68. The molecule has 1 saturated heterocycles. The Hall–Kier alpha value is -4.61. The van der Waals surface area contributed by atoms with Gasteiger partial charge in [0.05, 0.1) is 11.6 Å². The number of nitrogen functional groups attached to an aromatic ring is 1. The second-order valence-corrected chi connectivity index (χ2v) is 7.93. The van der Waals surface area contributed by atoms with Crippen LogP contribution in [0.2, 0.25) is 0 Å². The number of H-pyrrole nitrogens is 1. The van der Waals surface area contributed by atoms with Crippen molar-refractivity contribution in [2.24, 2.45) is 5.41 Å². The van der Waals surface area contributed by atoms with Gasteiger partial charge in [-0.3, -0.25) is 30.0 Å². The minimum atomic E-state index is -2.17. The number of hydrogen-bond donors (Lipinski definition) is 5. The van der Waals surface area contributed by atoms with E-state index in [0.29, 0.717) is 5.56 Å². The molecule has 0 bridgehead atoms. The third kappa shape index (κ3) is 3.03. The SMILES string of the molecule is Nc1nc2c(c(=O)[nH]1)C(c1ccc(F)cc1)C1(C(=O)NC(=O)NC1=O)C(c1ccc(F)cc1)N2. The number of barbiturate groups is 1. The molecule has 2 unspecified atom stereocenters. The molecule has 5 rings (SSSR count). The summed E-state index contributed by atoms with van der Waals surface area (Å²) in [5.41, 5.74) is 3.23. The molecule has 2 aromatic carbocycles. The number of anilines is 2. The molecule has 172 valence electrons. The summed E-state index contributed by atoms with van der Waals surface area (Å²) in [6.45, 7) is 0. The molecule has 6 N–H and O–H groups in total. The second kappa shape index (κ2) is 7.47. The van der Waals surface area contributed by atoms with E-state index >= 15 is 0 Å². The van der Waals surface area contributed by atoms with E-state index in [2.05, 4.69) is 25.9 Å². The van der Waals surface area contributed by atoms with Gasteiger partial charge in [0.2, 0.25) is 17.8 Å². The van der Waals surface area contributed by atoms with Crippen LogP contribution in [-0.4, -0.2) is 27.8 Å². The first kappa shape index (κ1) is 21.2. The normalized spacial score (nSPS) is 20.8. The maximum absolute atomic E-state index is 13.8. The fourth-order valence-corrected chi connectivity index (χ4v) is 4.68. The molecule has 2 aliphatic rings. The second-order valence-electron chi connectivity index (χ2n) is 7.93. The average molecular weight is 466 g/mol. The van der Waals surface area contributed by atoms with Gasteiger partial charge in [-0.25, -0.2) is 13.6 Å². The van der Waals surface area contributed by atoms with Gasteiger partial charge < -0.3 is 11.1 Å². The molecule has 34 heavy (non-hydrogen) atoms. The zero-order valence-corrected chi connectivity index (χ0v) is 17.2. The van der Waals surface area contributed by atoms with Crippen LogP contribution in [0.5, 0.6) is 0 Å². The predicted octanol–water partition coefficient (Wildman–Crippen LogP) is 1.28. The van der Waals surface area contributed by atoms with Crippen LogP contribution in [-0.2, 0) is 9.59 Å². The smallest absolute Gasteiger partial charge is 0.328 e. The van der Waals surface area contributed by atoms with Gasteiger partial charge >= 0.3 is 6.03 Å². The Morgan fingerprint density at radius 1 is 0.824 bits per heavy atom. The fourth-order valence-electron chi connectivity index (χ4n) is 4.68. The Morgan fingerprint density at radius 3 is 1.91 bits per heavy atom. The number of fused-ring (bicyclic) bond motifs is 1. The van der Waals surface area contributed by atoms with Crippen LogP contribution in [0.25, 0.3) is 0 Å². The first-order valence-corrected chi connectivity index (χ1v) is 10.1. The summed E-state index contributed by atoms with van der Waals surface area (Å²) in [4.78, 5) is 58.6. The highest BCUT2D eigenvalue weighted by Gasteiger charge is 2.65. The zero-order valence-electron chi connectivity index (χ0n) is 17.2. The van der Waals surface area contributed by atoms with Crippen molar-refractivity contribution in [1.29, 1.82) is 0 Å². The molecule has 0 saturated carbocycles. The third-order valence-electron chi connectivity index (χ3n) is 6.07. The number of amides is 4. The van der Waals surface area contributed by atoms with Crippen molar-refractivity contribution in [3.8, 4) is 0 Å². The molecule has 2 atom stereocenters. The molecule has 12 heteroatoms. The van der Waals surface area contributed by atoms with Crippen molar-refractivity contribution in [3.63, 3.8) is 0 Å². The van der Waals surface area contributed by atoms with E-state index in [4.69, 9.17) is 5.73 Å². The van der Waals surface area contributed by atoms with E-state index in [9.17, 15) is 28.0 Å². The van der Waals surface area contributed by atoms with E-state index < -0.39 is 52.4 Å². The lowest BCUT2D eigenvalue weighted by molar-refractivity contribution is -0.147. The molecule has 0 radical (unpaired) electrons. The van der Waals surface area contributed by atoms with Crippen molar-refractivity contribution in [3.05, 3.63) is 87.2 Å². The van der Waals surface area contributed by atoms with Crippen molar-refractivity contribution in [1.82, 2.24) is 20.6 Å². The van der Waals surface area contributed by atoms with Crippen molar-refractivity contribution in [2.75, 3.05) is 11.1 Å². The highest BCUT2D eigenvalue weighted by atomic mass is 19.1. The molecule has 0 aliphatic carbocycles. The number of hydrogen-bond acceptors (Lipinski definition) is 7. The monoisotopic (exact) mass is 466 g/mol. The number of urea groups is 1. The Balaban J connectivity index is 1.88. The Bertz CT molecular complexity index is 1380. The maximum atomic E-state index is 13.8. The van der Waals surface area contributed by atoms with E-state index in [1.807, 2.05) is 0 Å². The number of rotatable bonds is 2. The molecule has 2 aliphatic heterocycles. The van der Waals surface area contributed by atoms with Crippen molar-refractivity contribution in [2.45, 2.75) is 12.0 Å². The predicted molar refractivity (Wildman–Crippen MR) is 114 cm³/mol. The molecular weight excluding hydrogens is 450 g/mol. The van der Waals surface area contributed by atoms with Crippen molar-refractivity contribution < 1.29 is 23.2 Å². The van der Waals surface area contributed by atoms with Gasteiger partial charge in [0.25, 0.3) is 5.56 Å². The van der Waals surface area contributed by atoms with Crippen LogP contribution in [0, 0.1) is 17.0 Å². The highest BCUT2D eigenvalue weighted by molar-refractivity contribution is 6.21. The summed E-state index contributed by atoms with van der Waals surface area (Å²) in [5.74, 6) is -4.72. The quantitative estimate of drug-likeness (QED) is 0.356. The maximum Gasteiger partial charge on any atom is 0.328 e. The molecule has 1 spiro atoms. The van der Waals surface area contributed by atoms with Gasteiger partial charge in [0, 0.05) is 5.92 Å². The first-order chi connectivity index (χ1) is 16.2. The summed E-state index contributed by atoms with van der Waals surface area (Å²) < 4.78 is 27.4. The summed E-state index contributed by atoms with van der Waals surface area (Å²) in [7, 11) is 0. The molecule has 1 fully saturated rings. The lowest BCUT2D eigenvalue weighted by Gasteiger charge is -2.48. The van der Waals surface area contributed by atoms with Crippen molar-refractivity contribution >= 4 is 29.6 Å². The molecule has 3 aromatic rings. The Labute approximate surface area is 189 Å². The van der Waals surface area contributed by atoms with Crippen LogP contribution in [0.15, 0.2) is 53.3 Å². The van der Waals surface area contributed by atoms with Gasteiger partial charge in [0.1, 0.15) is 17.5 Å². The molecule has 3 heterocycles. The fraction of sp³-hybridized carbons (Fsp3) is 0.136. The summed E-state index contributed by atoms with van der Waals surface area (Å²) >= 11 is 0. The van der Waals surface area contributed by atoms with Crippen LogP contribution in [0.4, 0.5) is 25.3 Å². The number of carbonyl (C=O) groups is 3. The van der Waals surface area contributed by atoms with E-state index in [1.165, 1.54) is 24.3 Å². The number of carbonyl (C=O) groups excluding carboxylic acids is 3. The zero-order chi connectivity index (χ0) is 24.2. The number of nitrogens with one attached hydrogen (secondary N) is 4. The summed E-state index contributed by atoms with van der Waals surface area (Å²) in [5, 5.41) is 7.12. The molecule has 4 amide bonds. The number of imide groups is 2. The van der Waals surface area contributed by atoms with Gasteiger partial charge in [-0.2, -0.15) is 4.98 Å². The number of benzene rings is 2. The largest absolute Gasteiger partial charge is 0.369 e. The van der Waals surface area contributed by atoms with Crippen LogP contribution in [0.3, 0.4) is 0 Å². The highest BCUT2D eigenvalue weighted by Crippen LogP contribution is 2.55. The molecule has 1 aromatic heterocycles. The average Bonchev–Trinajstić information content (AvgIpc) is 2.77. The third-order valence-corrected chi connectivity index (χ3v) is 6.07. The summed E-state index contributed by atoms with van der Waals surface area (Å²) in [6, 6.07) is 7.60. The van der Waals surface area contributed by atoms with E-state index in [1.54, 1.807) is 0 Å². The van der Waals surface area contributed by atoms with E-state index in [0.717, 1.165) is 24.3 Å². The topological polar surface area (TPSA) is 159 Å². The van der Waals surface area contributed by atoms with Gasteiger partial charge in [0.15, 0.2) is 5.41 Å². The van der Waals surface area contributed by atoms with Gasteiger partial charge in [-0.15, -0.1) is 0 Å². The Morgan fingerprint density at radius 2 is 1.35 bits per heavy atom. The number of nitrogens with two attached hydrogens (primary N) is 1. The number of halogens is 2. The minimum Gasteiger partial charge on any atom is -0.369 e. The Kier molecular flexibility index (Phi) is 4.67. The van der Waals surface area contributed by atoms with Crippen LogP contribution < -0.4 is 27.2 Å². The van der Waals surface area contributed by atoms with Gasteiger partial charge in [-0.1, -0.05) is 24.3 Å².